The average Bonchev–Trinajstić information content (AvgIpc) is 2.16. The van der Waals surface area contributed by atoms with E-state index in [0.29, 0.717) is 19.4 Å². The van der Waals surface area contributed by atoms with Crippen LogP contribution in [0.5, 0.6) is 0 Å². The van der Waals surface area contributed by atoms with Gasteiger partial charge in [0, 0.05) is 13.0 Å². The van der Waals surface area contributed by atoms with Gasteiger partial charge in [0.05, 0.1) is 0 Å². The summed E-state index contributed by atoms with van der Waals surface area (Å²) in [5, 5.41) is 2.48. The summed E-state index contributed by atoms with van der Waals surface area (Å²) < 4.78 is 0. The van der Waals surface area contributed by atoms with Crippen LogP contribution in [-0.4, -0.2) is 30.4 Å². The van der Waals surface area contributed by atoms with Crippen LogP contribution in [0.3, 0.4) is 0 Å². The lowest BCUT2D eigenvalue weighted by molar-refractivity contribution is -0.127. The molecule has 0 radical (unpaired) electrons. The molecule has 0 fully saturated rings. The monoisotopic (exact) mass is 229 g/mol. The molecule has 0 aromatic heterocycles. The summed E-state index contributed by atoms with van der Waals surface area (Å²) >= 11 is 0. The maximum Gasteiger partial charge on any atom is 0.239 e. The van der Waals surface area contributed by atoms with E-state index in [2.05, 4.69) is 10.3 Å². The number of carbonyl (C=O) groups excluding carboxylic acids is 2. The highest BCUT2D eigenvalue weighted by molar-refractivity contribution is 5.86. The summed E-state index contributed by atoms with van der Waals surface area (Å²) in [6, 6.07) is -0.634. The molecule has 7 heteroatoms. The van der Waals surface area contributed by atoms with Crippen LogP contribution in [0.4, 0.5) is 0 Å². The summed E-state index contributed by atoms with van der Waals surface area (Å²) in [6.07, 6.45) is 1.71. The number of nitrogens with one attached hydrogen (secondary N) is 1. The number of rotatable bonds is 7. The Balaban J connectivity index is 3.59. The molecule has 7 N–H and O–H groups in total. The smallest absolute Gasteiger partial charge is 0.239 e. The Morgan fingerprint density at radius 1 is 1.25 bits per heavy atom. The standard InChI is InChI=1S/C9H19N5O2/c1-6(8(10)16)14-7(15)4-2-3-5-13-9(11)12/h6H,2-5H2,1H3,(H2,10,16)(H,14,15)(H4,11,12,13)/t6-/m0/s1. The Morgan fingerprint density at radius 2 is 1.88 bits per heavy atom. The Bertz CT molecular complexity index is 273. The van der Waals surface area contributed by atoms with E-state index in [1.54, 1.807) is 6.92 Å². The highest BCUT2D eigenvalue weighted by Gasteiger charge is 2.11. The third-order valence-corrected chi connectivity index (χ3v) is 1.91. The van der Waals surface area contributed by atoms with Crippen LogP contribution >= 0.6 is 0 Å². The Hall–Kier alpha value is -1.79. The molecule has 0 aliphatic rings. The lowest BCUT2D eigenvalue weighted by Gasteiger charge is -2.09. The van der Waals surface area contributed by atoms with Gasteiger partial charge < -0.3 is 22.5 Å². The van der Waals surface area contributed by atoms with Crippen molar-refractivity contribution in [2.24, 2.45) is 22.2 Å². The van der Waals surface area contributed by atoms with Gasteiger partial charge in [-0.25, -0.2) is 0 Å². The normalized spacial score (nSPS) is 11.6. The van der Waals surface area contributed by atoms with Gasteiger partial charge in [-0.15, -0.1) is 0 Å². The van der Waals surface area contributed by atoms with Crippen molar-refractivity contribution in [3.63, 3.8) is 0 Å². The van der Waals surface area contributed by atoms with Crippen molar-refractivity contribution in [1.29, 1.82) is 0 Å². The van der Waals surface area contributed by atoms with Crippen molar-refractivity contribution in [2.45, 2.75) is 32.2 Å². The summed E-state index contributed by atoms with van der Waals surface area (Å²) in [4.78, 5) is 25.7. The first-order valence-corrected chi connectivity index (χ1v) is 5.07. The zero-order valence-electron chi connectivity index (χ0n) is 9.40. The van der Waals surface area contributed by atoms with Crippen molar-refractivity contribution in [3.8, 4) is 0 Å². The minimum absolute atomic E-state index is 0.0480. The number of primary amides is 1. The van der Waals surface area contributed by atoms with Gasteiger partial charge in [0.15, 0.2) is 5.96 Å². The van der Waals surface area contributed by atoms with Gasteiger partial charge in [0.25, 0.3) is 0 Å². The number of nitrogens with zero attached hydrogens (tertiary/aromatic N) is 1. The van der Waals surface area contributed by atoms with Crippen LogP contribution < -0.4 is 22.5 Å². The van der Waals surface area contributed by atoms with E-state index >= 15 is 0 Å². The summed E-state index contributed by atoms with van der Waals surface area (Å²) in [5.41, 5.74) is 15.3. The number of aliphatic imine (C=N–C) groups is 1. The average molecular weight is 229 g/mol. The van der Waals surface area contributed by atoms with Crippen LogP contribution in [0.25, 0.3) is 0 Å². The molecule has 0 saturated carbocycles. The zero-order chi connectivity index (χ0) is 12.6. The molecule has 16 heavy (non-hydrogen) atoms. The third-order valence-electron chi connectivity index (χ3n) is 1.91. The summed E-state index contributed by atoms with van der Waals surface area (Å²) in [7, 11) is 0. The van der Waals surface area contributed by atoms with Gasteiger partial charge in [0.1, 0.15) is 6.04 Å². The minimum atomic E-state index is -0.634. The van der Waals surface area contributed by atoms with Gasteiger partial charge in [-0.1, -0.05) is 0 Å². The van der Waals surface area contributed by atoms with Gasteiger partial charge in [-0.3, -0.25) is 14.6 Å². The fourth-order valence-electron chi connectivity index (χ4n) is 0.990. The molecule has 0 bridgehead atoms. The molecule has 2 amide bonds. The lowest BCUT2D eigenvalue weighted by atomic mass is 10.2. The van der Waals surface area contributed by atoms with Crippen molar-refractivity contribution in [2.75, 3.05) is 6.54 Å². The number of amides is 2. The molecule has 7 nitrogen and oxygen atoms in total. The number of carbonyl (C=O) groups is 2. The second-order valence-electron chi connectivity index (χ2n) is 3.46. The van der Waals surface area contributed by atoms with E-state index in [0.717, 1.165) is 6.42 Å². The SMILES string of the molecule is C[C@H](NC(=O)CCCCN=C(N)N)C(N)=O. The maximum absolute atomic E-state index is 11.3. The first-order valence-electron chi connectivity index (χ1n) is 5.07. The summed E-state index contributed by atoms with van der Waals surface area (Å²) in [6.45, 7) is 2.04. The van der Waals surface area contributed by atoms with Crippen molar-refractivity contribution in [3.05, 3.63) is 0 Å². The number of hydrogen-bond acceptors (Lipinski definition) is 3. The molecule has 0 aliphatic heterocycles. The topological polar surface area (TPSA) is 137 Å². The van der Waals surface area contributed by atoms with E-state index in [1.807, 2.05) is 0 Å². The molecule has 0 aromatic carbocycles. The molecule has 0 aliphatic carbocycles. The Kier molecular flexibility index (Phi) is 6.66. The molecule has 0 unspecified atom stereocenters. The fourth-order valence-corrected chi connectivity index (χ4v) is 0.990. The first kappa shape index (κ1) is 14.2. The van der Waals surface area contributed by atoms with Crippen LogP contribution in [0.2, 0.25) is 0 Å². The molecule has 1 atom stereocenters. The van der Waals surface area contributed by atoms with Gasteiger partial charge in [-0.05, 0) is 19.8 Å². The van der Waals surface area contributed by atoms with Crippen molar-refractivity contribution < 1.29 is 9.59 Å². The van der Waals surface area contributed by atoms with E-state index < -0.39 is 11.9 Å². The van der Waals surface area contributed by atoms with Gasteiger partial charge in [0.2, 0.25) is 11.8 Å². The van der Waals surface area contributed by atoms with E-state index in [9.17, 15) is 9.59 Å². The summed E-state index contributed by atoms with van der Waals surface area (Å²) in [5.74, 6) is -0.698. The quantitative estimate of drug-likeness (QED) is 0.238. The molecule has 0 heterocycles. The van der Waals surface area contributed by atoms with Crippen LogP contribution in [-0.2, 0) is 9.59 Å². The highest BCUT2D eigenvalue weighted by atomic mass is 16.2. The van der Waals surface area contributed by atoms with Gasteiger partial charge in [-0.2, -0.15) is 0 Å². The molecule has 0 saturated heterocycles. The predicted octanol–water partition coefficient (Wildman–Crippen LogP) is -1.58. The number of nitrogens with two attached hydrogens (primary N) is 3. The number of guanidine groups is 1. The minimum Gasteiger partial charge on any atom is -0.370 e. The van der Waals surface area contributed by atoms with E-state index in [4.69, 9.17) is 17.2 Å². The largest absolute Gasteiger partial charge is 0.370 e. The van der Waals surface area contributed by atoms with Crippen LogP contribution in [0.1, 0.15) is 26.2 Å². The van der Waals surface area contributed by atoms with E-state index in [-0.39, 0.29) is 11.9 Å². The molecular weight excluding hydrogens is 210 g/mol. The first-order chi connectivity index (χ1) is 7.43. The van der Waals surface area contributed by atoms with E-state index in [1.165, 1.54) is 0 Å². The Labute approximate surface area is 94.4 Å². The van der Waals surface area contributed by atoms with Crippen molar-refractivity contribution >= 4 is 17.8 Å². The second kappa shape index (κ2) is 7.49. The number of unbranched alkanes of at least 4 members (excludes halogenated alkanes) is 1. The van der Waals surface area contributed by atoms with Crippen LogP contribution in [0, 0.1) is 0 Å². The molecule has 92 valence electrons. The third kappa shape index (κ3) is 7.60. The van der Waals surface area contributed by atoms with Crippen LogP contribution in [0.15, 0.2) is 4.99 Å². The lowest BCUT2D eigenvalue weighted by Crippen LogP contribution is -2.42. The molecular formula is C9H19N5O2. The predicted molar refractivity (Wildman–Crippen MR) is 61.3 cm³/mol. The van der Waals surface area contributed by atoms with Gasteiger partial charge >= 0.3 is 0 Å². The highest BCUT2D eigenvalue weighted by Crippen LogP contribution is 1.96. The second-order valence-corrected chi connectivity index (χ2v) is 3.46. The molecule has 0 aromatic rings. The molecule has 0 rings (SSSR count). The number of hydrogen-bond donors (Lipinski definition) is 4. The maximum atomic E-state index is 11.3. The molecule has 0 spiro atoms. The van der Waals surface area contributed by atoms with Crippen molar-refractivity contribution in [1.82, 2.24) is 5.32 Å². The zero-order valence-corrected chi connectivity index (χ0v) is 9.40. The Morgan fingerprint density at radius 3 is 2.38 bits per heavy atom. The fraction of sp³-hybridized carbons (Fsp3) is 0.667.